The molecule has 0 saturated carbocycles. The van der Waals surface area contributed by atoms with E-state index < -0.39 is 15.6 Å². The van der Waals surface area contributed by atoms with E-state index in [1.165, 1.54) is 11.1 Å². The Morgan fingerprint density at radius 3 is 1.81 bits per heavy atom. The fraction of sp³-hybridized carbons (Fsp3) is 0.0270. The van der Waals surface area contributed by atoms with E-state index in [-0.39, 0.29) is 0 Å². The highest BCUT2D eigenvalue weighted by Gasteiger charge is 2.30. The SMILES string of the molecule is O=[PH+]c1cc2c(cc1-c1ccccc1Cc1ccccc1)sc1ccc(P(=O)(c3ccccc3)c3ccccc3)cc12. The van der Waals surface area contributed by atoms with Gasteiger partial charge in [0.1, 0.15) is 0 Å². The predicted molar refractivity (Wildman–Crippen MR) is 182 cm³/mol. The average Bonchev–Trinajstić information content (AvgIpc) is 3.42. The molecule has 0 radical (unpaired) electrons. The molecule has 1 atom stereocenters. The molecule has 5 heteroatoms. The van der Waals surface area contributed by atoms with E-state index in [4.69, 9.17) is 0 Å². The van der Waals surface area contributed by atoms with Crippen LogP contribution in [0.4, 0.5) is 0 Å². The summed E-state index contributed by atoms with van der Waals surface area (Å²) < 4.78 is 30.0. The third-order valence-corrected chi connectivity index (χ3v) is 12.7. The fourth-order valence-electron chi connectivity index (χ4n) is 5.79. The topological polar surface area (TPSA) is 34.1 Å². The Morgan fingerprint density at radius 2 is 1.14 bits per heavy atom. The second-order valence-electron chi connectivity index (χ2n) is 10.4. The second-order valence-corrected chi connectivity index (χ2v) is 15.0. The van der Waals surface area contributed by atoms with Crippen LogP contribution in [0.3, 0.4) is 0 Å². The molecule has 1 aromatic heterocycles. The van der Waals surface area contributed by atoms with Crippen LogP contribution in [0, 0.1) is 0 Å². The first kappa shape index (κ1) is 26.7. The maximum atomic E-state index is 15.0. The lowest BCUT2D eigenvalue weighted by molar-refractivity contribution is 0.592. The first-order valence-corrected chi connectivity index (χ1v) is 17.3. The van der Waals surface area contributed by atoms with Gasteiger partial charge >= 0.3 is 8.46 Å². The van der Waals surface area contributed by atoms with Gasteiger partial charge in [-0.15, -0.1) is 11.3 Å². The number of hydrogen-bond donors (Lipinski definition) is 0. The first-order chi connectivity index (χ1) is 20.6. The Morgan fingerprint density at radius 1 is 0.548 bits per heavy atom. The molecule has 0 spiro atoms. The zero-order valence-electron chi connectivity index (χ0n) is 22.7. The molecule has 7 aromatic rings. The first-order valence-electron chi connectivity index (χ1n) is 13.9. The van der Waals surface area contributed by atoms with Crippen molar-refractivity contribution >= 4 is 68.3 Å². The minimum absolute atomic E-state index is 0.593. The quantitative estimate of drug-likeness (QED) is 0.173. The van der Waals surface area contributed by atoms with Gasteiger partial charge < -0.3 is 4.57 Å². The van der Waals surface area contributed by atoms with Crippen LogP contribution in [0.5, 0.6) is 0 Å². The van der Waals surface area contributed by atoms with Gasteiger partial charge in [-0.05, 0) is 47.4 Å². The molecule has 42 heavy (non-hydrogen) atoms. The Hall–Kier alpha value is -4.13. The molecule has 0 bridgehead atoms. The van der Waals surface area contributed by atoms with Gasteiger partial charge in [0.25, 0.3) is 0 Å². The zero-order valence-corrected chi connectivity index (χ0v) is 25.4. The van der Waals surface area contributed by atoms with E-state index in [9.17, 15) is 4.57 Å². The van der Waals surface area contributed by atoms with Gasteiger partial charge in [-0.1, -0.05) is 120 Å². The Bertz CT molecular complexity index is 2060. The minimum atomic E-state index is -3.11. The van der Waals surface area contributed by atoms with Crippen molar-refractivity contribution in [1.82, 2.24) is 0 Å². The molecule has 0 aliphatic rings. The summed E-state index contributed by atoms with van der Waals surface area (Å²) in [7, 11) is -3.70. The summed E-state index contributed by atoms with van der Waals surface area (Å²) >= 11 is 1.72. The Labute approximate surface area is 250 Å². The molecule has 0 amide bonds. The third kappa shape index (κ3) is 4.75. The van der Waals surface area contributed by atoms with Gasteiger partial charge in [0, 0.05) is 47.7 Å². The maximum absolute atomic E-state index is 15.0. The highest BCUT2D eigenvalue weighted by Crippen LogP contribution is 2.45. The Kier molecular flexibility index (Phi) is 7.18. The average molecular weight is 598 g/mol. The molecule has 6 aromatic carbocycles. The van der Waals surface area contributed by atoms with E-state index in [0.29, 0.717) is 0 Å². The molecule has 7 rings (SSSR count). The van der Waals surface area contributed by atoms with Gasteiger partial charge in [-0.2, -0.15) is 0 Å². The van der Waals surface area contributed by atoms with Crippen LogP contribution in [0.1, 0.15) is 11.1 Å². The lowest BCUT2D eigenvalue weighted by Crippen LogP contribution is -2.24. The van der Waals surface area contributed by atoms with Crippen LogP contribution in [0.2, 0.25) is 0 Å². The van der Waals surface area contributed by atoms with Crippen molar-refractivity contribution in [3.63, 3.8) is 0 Å². The number of benzene rings is 6. The molecular formula is C37H27O2P2S+. The molecule has 0 saturated heterocycles. The molecule has 2 nitrogen and oxygen atoms in total. The highest BCUT2D eigenvalue weighted by atomic mass is 32.1. The number of thiophene rings is 1. The fourth-order valence-corrected chi connectivity index (χ4v) is 10.1. The Balaban J connectivity index is 1.40. The predicted octanol–water partition coefficient (Wildman–Crippen LogP) is 8.60. The highest BCUT2D eigenvalue weighted by molar-refractivity contribution is 7.85. The van der Waals surface area contributed by atoms with E-state index in [0.717, 1.165) is 58.9 Å². The smallest absolute Gasteiger partial charge is 0.309 e. The molecule has 1 heterocycles. The van der Waals surface area contributed by atoms with Crippen LogP contribution in [0.25, 0.3) is 31.3 Å². The van der Waals surface area contributed by atoms with Crippen molar-refractivity contribution in [2.45, 2.75) is 6.42 Å². The maximum Gasteiger partial charge on any atom is 0.363 e. The summed E-state index contributed by atoms with van der Waals surface area (Å²) in [6.45, 7) is 0. The van der Waals surface area contributed by atoms with Crippen LogP contribution in [-0.4, -0.2) is 0 Å². The van der Waals surface area contributed by atoms with Crippen LogP contribution < -0.4 is 21.2 Å². The third-order valence-electron chi connectivity index (χ3n) is 7.85. The van der Waals surface area contributed by atoms with Crippen molar-refractivity contribution in [3.05, 3.63) is 157 Å². The van der Waals surface area contributed by atoms with Crippen LogP contribution in [0.15, 0.2) is 146 Å². The standard InChI is InChI=1S/C37H26O2P2S/c38-40-35-24-34-33-23-30(41(39,28-15-6-2-7-16-28)29-17-8-3-9-18-29)20-21-36(33)42-37(34)25-32(35)31-19-11-10-14-27(31)22-26-12-4-1-5-13-26/h1-21,23-25H,22H2/p+1. The summed E-state index contributed by atoms with van der Waals surface area (Å²) in [6, 6.07) is 48.8. The van der Waals surface area contributed by atoms with Crippen LogP contribution >= 0.6 is 26.9 Å². The molecule has 1 unspecified atom stereocenters. The summed E-state index contributed by atoms with van der Waals surface area (Å²) in [6.07, 6.45) is 0.806. The monoisotopic (exact) mass is 597 g/mol. The number of rotatable bonds is 7. The summed E-state index contributed by atoms with van der Waals surface area (Å²) in [5.41, 5.74) is 4.57. The van der Waals surface area contributed by atoms with Crippen molar-refractivity contribution in [2.75, 3.05) is 0 Å². The van der Waals surface area contributed by atoms with Gasteiger partial charge in [-0.25, -0.2) is 0 Å². The number of fused-ring (bicyclic) bond motifs is 3. The van der Waals surface area contributed by atoms with Crippen molar-refractivity contribution in [2.24, 2.45) is 0 Å². The normalized spacial score (nSPS) is 11.8. The van der Waals surface area contributed by atoms with E-state index in [1.54, 1.807) is 11.3 Å². The van der Waals surface area contributed by atoms with Crippen molar-refractivity contribution in [1.29, 1.82) is 0 Å². The van der Waals surface area contributed by atoms with E-state index in [2.05, 4.69) is 66.7 Å². The van der Waals surface area contributed by atoms with Gasteiger partial charge in [0.05, 0.1) is 0 Å². The lowest BCUT2D eigenvalue weighted by Gasteiger charge is -2.20. The molecule has 0 N–H and O–H groups in total. The summed E-state index contributed by atoms with van der Waals surface area (Å²) in [5.74, 6) is 0. The molecule has 0 aliphatic heterocycles. The molecule has 0 aliphatic carbocycles. The second kappa shape index (κ2) is 11.3. The van der Waals surface area contributed by atoms with Crippen LogP contribution in [-0.2, 0) is 15.6 Å². The minimum Gasteiger partial charge on any atom is -0.309 e. The van der Waals surface area contributed by atoms with E-state index in [1.807, 2.05) is 78.9 Å². The molecule has 0 fully saturated rings. The van der Waals surface area contributed by atoms with E-state index >= 15 is 4.57 Å². The largest absolute Gasteiger partial charge is 0.363 e. The number of hydrogen-bond acceptors (Lipinski definition) is 3. The molecule has 202 valence electrons. The van der Waals surface area contributed by atoms with Gasteiger partial charge in [0.2, 0.25) is 0 Å². The van der Waals surface area contributed by atoms with Gasteiger partial charge in [0.15, 0.2) is 12.4 Å². The van der Waals surface area contributed by atoms with Gasteiger partial charge in [-0.3, -0.25) is 0 Å². The summed E-state index contributed by atoms with van der Waals surface area (Å²) in [4.78, 5) is 0. The lowest BCUT2D eigenvalue weighted by atomic mass is 9.94. The van der Waals surface area contributed by atoms with Crippen molar-refractivity contribution < 1.29 is 9.13 Å². The summed E-state index contributed by atoms with van der Waals surface area (Å²) in [5, 5.41) is 5.33. The zero-order chi connectivity index (χ0) is 28.5. The molecular weight excluding hydrogens is 570 g/mol. The van der Waals surface area contributed by atoms with Crippen molar-refractivity contribution in [3.8, 4) is 11.1 Å².